The number of nitrogens with two attached hydrogens (primary N) is 1. The number of hydrogen-bond acceptors (Lipinski definition) is 3. The Morgan fingerprint density at radius 2 is 2.33 bits per heavy atom. The van der Waals surface area contributed by atoms with Crippen LogP contribution in [0.15, 0.2) is 18.2 Å². The van der Waals surface area contributed by atoms with Gasteiger partial charge in [0, 0.05) is 17.9 Å². The maximum absolute atomic E-state index is 12.8. The van der Waals surface area contributed by atoms with E-state index in [2.05, 4.69) is 0 Å². The summed E-state index contributed by atoms with van der Waals surface area (Å²) >= 11 is 0. The summed E-state index contributed by atoms with van der Waals surface area (Å²) in [4.78, 5) is 12.8. The van der Waals surface area contributed by atoms with Crippen LogP contribution in [0.25, 0.3) is 0 Å². The van der Waals surface area contributed by atoms with E-state index in [4.69, 9.17) is 10.5 Å². The Hall–Kier alpha value is -1.35. The van der Waals surface area contributed by atoms with Crippen LogP contribution in [0, 0.1) is 5.41 Å². The van der Waals surface area contributed by atoms with Crippen molar-refractivity contribution in [3.63, 3.8) is 0 Å². The van der Waals surface area contributed by atoms with Crippen LogP contribution in [0.5, 0.6) is 5.75 Å². The molecular weight excluding hydrogens is 226 g/mol. The van der Waals surface area contributed by atoms with Crippen LogP contribution >= 0.6 is 0 Å². The first-order valence-electron chi connectivity index (χ1n) is 6.68. The summed E-state index contributed by atoms with van der Waals surface area (Å²) in [5, 5.41) is 0. The average molecular weight is 245 g/mol. The summed E-state index contributed by atoms with van der Waals surface area (Å²) in [5.74, 6) is 0.953. The fourth-order valence-corrected chi connectivity index (χ4v) is 3.18. The van der Waals surface area contributed by atoms with Crippen LogP contribution in [0.4, 0.5) is 0 Å². The summed E-state index contributed by atoms with van der Waals surface area (Å²) in [5.41, 5.74) is 7.60. The van der Waals surface area contributed by atoms with Crippen LogP contribution < -0.4 is 10.5 Å². The molecule has 18 heavy (non-hydrogen) atoms. The molecule has 0 aromatic heterocycles. The monoisotopic (exact) mass is 245 g/mol. The highest BCUT2D eigenvalue weighted by Crippen LogP contribution is 2.42. The number of fused-ring (bicyclic) bond motifs is 1. The van der Waals surface area contributed by atoms with Gasteiger partial charge in [-0.25, -0.2) is 0 Å². The lowest BCUT2D eigenvalue weighted by Gasteiger charge is -2.27. The number of Topliss-reactive ketones (excluding diaryl/α,β-unsaturated/α-hetero) is 1. The molecule has 1 fully saturated rings. The first-order valence-corrected chi connectivity index (χ1v) is 6.68. The molecule has 1 aromatic rings. The van der Waals surface area contributed by atoms with Crippen LogP contribution in [-0.2, 0) is 6.42 Å². The molecule has 2 aliphatic rings. The summed E-state index contributed by atoms with van der Waals surface area (Å²) < 4.78 is 5.63. The molecule has 1 heterocycles. The molecule has 0 amide bonds. The van der Waals surface area contributed by atoms with Gasteiger partial charge in [0.15, 0.2) is 5.78 Å². The second-order valence-corrected chi connectivity index (χ2v) is 5.64. The van der Waals surface area contributed by atoms with Gasteiger partial charge < -0.3 is 10.5 Å². The lowest BCUT2D eigenvalue weighted by molar-refractivity contribution is 0.0799. The molecule has 3 nitrogen and oxygen atoms in total. The number of hydrogen-bond donors (Lipinski definition) is 1. The normalized spacial score (nSPS) is 30.0. The molecule has 3 heteroatoms. The molecule has 0 saturated heterocycles. The van der Waals surface area contributed by atoms with Crippen molar-refractivity contribution in [2.45, 2.75) is 38.6 Å². The predicted molar refractivity (Wildman–Crippen MR) is 69.9 cm³/mol. The van der Waals surface area contributed by atoms with Crippen LogP contribution in [0.3, 0.4) is 0 Å². The molecular formula is C15H19NO2. The van der Waals surface area contributed by atoms with Gasteiger partial charge in [-0.15, -0.1) is 0 Å². The third kappa shape index (κ3) is 1.57. The largest absolute Gasteiger partial charge is 0.492 e. The standard InChI is InChI=1S/C15H19NO2/c1-15(8-3-6-12(15)16)14(17)11-5-2-4-10-7-9-18-13(10)11/h2,4-5,12H,3,6-9,16H2,1H3. The summed E-state index contributed by atoms with van der Waals surface area (Å²) in [7, 11) is 0. The number of ether oxygens (including phenoxy) is 1. The summed E-state index contributed by atoms with van der Waals surface area (Å²) in [6.45, 7) is 2.68. The zero-order chi connectivity index (χ0) is 12.8. The Bertz CT molecular complexity index is 497. The van der Waals surface area contributed by atoms with Gasteiger partial charge in [0.2, 0.25) is 0 Å². The summed E-state index contributed by atoms with van der Waals surface area (Å²) in [6.07, 6.45) is 3.77. The predicted octanol–water partition coefficient (Wildman–Crippen LogP) is 2.32. The van der Waals surface area contributed by atoms with E-state index in [9.17, 15) is 4.79 Å². The highest BCUT2D eigenvalue weighted by Gasteiger charge is 2.44. The van der Waals surface area contributed by atoms with Gasteiger partial charge in [0.05, 0.1) is 12.2 Å². The molecule has 0 spiro atoms. The number of benzene rings is 1. The smallest absolute Gasteiger partial charge is 0.174 e. The van der Waals surface area contributed by atoms with E-state index in [0.717, 1.165) is 42.6 Å². The van der Waals surface area contributed by atoms with Crippen molar-refractivity contribution in [2.24, 2.45) is 11.1 Å². The average Bonchev–Trinajstić information content (AvgIpc) is 2.96. The van der Waals surface area contributed by atoms with Gasteiger partial charge in [0.25, 0.3) is 0 Å². The zero-order valence-electron chi connectivity index (χ0n) is 10.7. The van der Waals surface area contributed by atoms with Gasteiger partial charge in [-0.05, 0) is 24.5 Å². The van der Waals surface area contributed by atoms with Crippen molar-refractivity contribution < 1.29 is 9.53 Å². The SMILES string of the molecule is CC1(C(=O)c2cccc3c2OCC3)CCCC1N. The van der Waals surface area contributed by atoms with E-state index in [-0.39, 0.29) is 11.8 Å². The Balaban J connectivity index is 2.01. The number of carbonyl (C=O) groups is 1. The minimum atomic E-state index is -0.416. The lowest BCUT2D eigenvalue weighted by Crippen LogP contribution is -2.41. The second kappa shape index (κ2) is 4.09. The molecule has 2 atom stereocenters. The fourth-order valence-electron chi connectivity index (χ4n) is 3.18. The van der Waals surface area contributed by atoms with Crippen molar-refractivity contribution in [1.82, 2.24) is 0 Å². The van der Waals surface area contributed by atoms with Crippen molar-refractivity contribution >= 4 is 5.78 Å². The zero-order valence-corrected chi connectivity index (χ0v) is 10.7. The van der Waals surface area contributed by atoms with Gasteiger partial charge in [-0.1, -0.05) is 25.5 Å². The molecule has 2 unspecified atom stereocenters. The van der Waals surface area contributed by atoms with Gasteiger partial charge in [-0.2, -0.15) is 0 Å². The van der Waals surface area contributed by atoms with Gasteiger partial charge in [-0.3, -0.25) is 4.79 Å². The molecule has 2 N–H and O–H groups in total. The van der Waals surface area contributed by atoms with Crippen molar-refractivity contribution in [2.75, 3.05) is 6.61 Å². The first kappa shape index (κ1) is 11.7. The maximum Gasteiger partial charge on any atom is 0.174 e. The molecule has 3 rings (SSSR count). The summed E-state index contributed by atoms with van der Waals surface area (Å²) in [6, 6.07) is 5.84. The van der Waals surface area contributed by atoms with E-state index in [1.54, 1.807) is 0 Å². The van der Waals surface area contributed by atoms with Gasteiger partial charge in [0.1, 0.15) is 5.75 Å². The Morgan fingerprint density at radius 3 is 3.06 bits per heavy atom. The Labute approximate surface area is 107 Å². The van der Waals surface area contributed by atoms with Crippen molar-refractivity contribution in [3.05, 3.63) is 29.3 Å². The van der Waals surface area contributed by atoms with E-state index in [1.165, 1.54) is 0 Å². The molecule has 0 radical (unpaired) electrons. The van der Waals surface area contributed by atoms with E-state index in [1.807, 2.05) is 25.1 Å². The molecule has 0 bridgehead atoms. The van der Waals surface area contributed by atoms with Gasteiger partial charge >= 0.3 is 0 Å². The van der Waals surface area contributed by atoms with Crippen molar-refractivity contribution in [1.29, 1.82) is 0 Å². The first-order chi connectivity index (χ1) is 8.63. The third-order valence-corrected chi connectivity index (χ3v) is 4.51. The third-order valence-electron chi connectivity index (χ3n) is 4.51. The van der Waals surface area contributed by atoms with Crippen LogP contribution in [0.2, 0.25) is 0 Å². The fraction of sp³-hybridized carbons (Fsp3) is 0.533. The molecule has 96 valence electrons. The van der Waals surface area contributed by atoms with E-state index in [0.29, 0.717) is 6.61 Å². The molecule has 1 aliphatic carbocycles. The number of carbonyl (C=O) groups excluding carboxylic acids is 1. The highest BCUT2D eigenvalue weighted by molar-refractivity contribution is 6.03. The minimum absolute atomic E-state index is 0.0257. The number of rotatable bonds is 2. The number of ketones is 1. The topological polar surface area (TPSA) is 52.3 Å². The quantitative estimate of drug-likeness (QED) is 0.813. The van der Waals surface area contributed by atoms with E-state index >= 15 is 0 Å². The molecule has 1 saturated carbocycles. The van der Waals surface area contributed by atoms with Crippen LogP contribution in [0.1, 0.15) is 42.1 Å². The Morgan fingerprint density at radius 1 is 1.50 bits per heavy atom. The maximum atomic E-state index is 12.8. The number of para-hydroxylation sites is 1. The minimum Gasteiger partial charge on any atom is -0.492 e. The van der Waals surface area contributed by atoms with Crippen molar-refractivity contribution in [3.8, 4) is 5.75 Å². The Kier molecular flexibility index (Phi) is 2.67. The molecule has 1 aromatic carbocycles. The van der Waals surface area contributed by atoms with Crippen LogP contribution in [-0.4, -0.2) is 18.4 Å². The highest BCUT2D eigenvalue weighted by atomic mass is 16.5. The molecule has 1 aliphatic heterocycles. The second-order valence-electron chi connectivity index (χ2n) is 5.64. The van der Waals surface area contributed by atoms with E-state index < -0.39 is 5.41 Å². The lowest BCUT2D eigenvalue weighted by atomic mass is 9.77.